The Kier molecular flexibility index (Phi) is 3.06. The van der Waals surface area contributed by atoms with Crippen LogP contribution in [0.5, 0.6) is 0 Å². The normalized spacial score (nSPS) is 12.5. The highest BCUT2D eigenvalue weighted by Crippen LogP contribution is 2.04. The summed E-state index contributed by atoms with van der Waals surface area (Å²) in [5, 5.41) is 3.75. The van der Waals surface area contributed by atoms with Crippen LogP contribution in [-0.4, -0.2) is 11.0 Å². The van der Waals surface area contributed by atoms with E-state index >= 15 is 0 Å². The number of nitrogens with two attached hydrogens (primary N) is 1. The van der Waals surface area contributed by atoms with Crippen LogP contribution in [0.3, 0.4) is 0 Å². The maximum atomic E-state index is 5.66. The van der Waals surface area contributed by atoms with Gasteiger partial charge in [-0.05, 0) is 6.92 Å². The summed E-state index contributed by atoms with van der Waals surface area (Å²) < 4.78 is 4.98. The molecule has 1 rings (SSSR count). The van der Waals surface area contributed by atoms with Crippen LogP contribution >= 0.6 is 0 Å². The van der Waals surface area contributed by atoms with Crippen LogP contribution in [0.2, 0.25) is 0 Å². The lowest BCUT2D eigenvalue weighted by Gasteiger charge is -2.01. The third kappa shape index (κ3) is 2.89. The molecule has 4 nitrogen and oxygen atoms in total. The molecular formula is C9H15N3O. The Morgan fingerprint density at radius 1 is 1.69 bits per heavy atom. The van der Waals surface area contributed by atoms with Crippen LogP contribution in [0.1, 0.15) is 25.3 Å². The predicted molar refractivity (Wildman–Crippen MR) is 51.4 cm³/mol. The minimum absolute atomic E-state index is 0.281. The van der Waals surface area contributed by atoms with Gasteiger partial charge in [-0.2, -0.15) is 0 Å². The summed E-state index contributed by atoms with van der Waals surface area (Å²) in [6.07, 6.45) is 0. The molecule has 0 atom stereocenters. The summed E-state index contributed by atoms with van der Waals surface area (Å²) in [7, 11) is 0. The van der Waals surface area contributed by atoms with Gasteiger partial charge in [0.25, 0.3) is 0 Å². The standard InChI is InChI=1S/C9H15N3O/c1-6(2)9(10)11-5-8-4-7(3)12-13-8/h4,6H,5H2,1-3H3,(H2,10,11). The van der Waals surface area contributed by atoms with Gasteiger partial charge in [-0.3, -0.25) is 4.99 Å². The molecule has 0 radical (unpaired) electrons. The molecular weight excluding hydrogens is 166 g/mol. The Bertz CT molecular complexity index is 302. The molecule has 0 spiro atoms. The van der Waals surface area contributed by atoms with Gasteiger partial charge in [0.2, 0.25) is 0 Å². The highest BCUT2D eigenvalue weighted by molar-refractivity contribution is 5.82. The van der Waals surface area contributed by atoms with Crippen LogP contribution in [0.15, 0.2) is 15.6 Å². The van der Waals surface area contributed by atoms with Crippen molar-refractivity contribution in [2.45, 2.75) is 27.3 Å². The zero-order valence-corrected chi connectivity index (χ0v) is 8.24. The van der Waals surface area contributed by atoms with Crippen LogP contribution in [0.25, 0.3) is 0 Å². The van der Waals surface area contributed by atoms with Gasteiger partial charge in [0.15, 0.2) is 5.76 Å². The maximum absolute atomic E-state index is 5.66. The fraction of sp³-hybridized carbons (Fsp3) is 0.556. The molecule has 0 unspecified atom stereocenters. The fourth-order valence-corrected chi connectivity index (χ4v) is 0.843. The van der Waals surface area contributed by atoms with Crippen LogP contribution in [-0.2, 0) is 6.54 Å². The Hall–Kier alpha value is -1.32. The third-order valence-electron chi connectivity index (χ3n) is 1.69. The van der Waals surface area contributed by atoms with Gasteiger partial charge >= 0.3 is 0 Å². The minimum Gasteiger partial charge on any atom is -0.387 e. The SMILES string of the molecule is Cc1cc(CN=C(N)C(C)C)on1. The largest absolute Gasteiger partial charge is 0.387 e. The van der Waals surface area contributed by atoms with Gasteiger partial charge in [0.1, 0.15) is 6.54 Å². The van der Waals surface area contributed by atoms with E-state index in [-0.39, 0.29) is 5.92 Å². The van der Waals surface area contributed by atoms with Crippen molar-refractivity contribution in [1.82, 2.24) is 5.16 Å². The molecule has 13 heavy (non-hydrogen) atoms. The van der Waals surface area contributed by atoms with Crippen molar-refractivity contribution in [2.75, 3.05) is 0 Å². The lowest BCUT2D eigenvalue weighted by atomic mass is 10.2. The summed E-state index contributed by atoms with van der Waals surface area (Å²) in [4.78, 5) is 4.17. The molecule has 1 heterocycles. The fourth-order valence-electron chi connectivity index (χ4n) is 0.843. The van der Waals surface area contributed by atoms with E-state index in [2.05, 4.69) is 10.1 Å². The number of hydrogen-bond acceptors (Lipinski definition) is 3. The molecule has 0 bridgehead atoms. The topological polar surface area (TPSA) is 64.4 Å². The summed E-state index contributed by atoms with van der Waals surface area (Å²) in [5.74, 6) is 1.68. The highest BCUT2D eigenvalue weighted by atomic mass is 16.5. The highest BCUT2D eigenvalue weighted by Gasteiger charge is 2.01. The summed E-state index contributed by atoms with van der Waals surface area (Å²) >= 11 is 0. The van der Waals surface area contributed by atoms with Gasteiger partial charge < -0.3 is 10.3 Å². The number of nitrogens with zero attached hydrogens (tertiary/aromatic N) is 2. The molecule has 0 saturated carbocycles. The van der Waals surface area contributed by atoms with Crippen molar-refractivity contribution in [2.24, 2.45) is 16.6 Å². The second-order valence-corrected chi connectivity index (χ2v) is 3.33. The first kappa shape index (κ1) is 9.77. The van der Waals surface area contributed by atoms with Crippen LogP contribution < -0.4 is 5.73 Å². The van der Waals surface area contributed by atoms with Crippen molar-refractivity contribution < 1.29 is 4.52 Å². The molecule has 72 valence electrons. The van der Waals surface area contributed by atoms with E-state index in [0.29, 0.717) is 12.4 Å². The van der Waals surface area contributed by atoms with Crippen LogP contribution in [0.4, 0.5) is 0 Å². The van der Waals surface area contributed by atoms with E-state index in [4.69, 9.17) is 10.3 Å². The average Bonchev–Trinajstić information content (AvgIpc) is 2.47. The second kappa shape index (κ2) is 4.07. The molecule has 0 aromatic carbocycles. The van der Waals surface area contributed by atoms with Gasteiger partial charge in [-0.15, -0.1) is 0 Å². The van der Waals surface area contributed by atoms with Crippen molar-refractivity contribution >= 4 is 5.84 Å². The van der Waals surface area contributed by atoms with E-state index in [0.717, 1.165) is 11.5 Å². The molecule has 0 fully saturated rings. The molecule has 2 N–H and O–H groups in total. The number of hydrogen-bond donors (Lipinski definition) is 1. The Balaban J connectivity index is 2.56. The van der Waals surface area contributed by atoms with E-state index < -0.39 is 0 Å². The van der Waals surface area contributed by atoms with Crippen molar-refractivity contribution in [3.05, 3.63) is 17.5 Å². The minimum atomic E-state index is 0.281. The predicted octanol–water partition coefficient (Wildman–Crippen LogP) is 1.50. The summed E-state index contributed by atoms with van der Waals surface area (Å²) in [6.45, 7) is 6.36. The van der Waals surface area contributed by atoms with Gasteiger partial charge in [-0.25, -0.2) is 0 Å². The maximum Gasteiger partial charge on any atom is 0.158 e. The molecule has 1 aromatic heterocycles. The summed E-state index contributed by atoms with van der Waals surface area (Å²) in [5.41, 5.74) is 6.53. The zero-order chi connectivity index (χ0) is 9.84. The van der Waals surface area contributed by atoms with Crippen molar-refractivity contribution in [1.29, 1.82) is 0 Å². The van der Waals surface area contributed by atoms with E-state index in [1.165, 1.54) is 0 Å². The lowest BCUT2D eigenvalue weighted by Crippen LogP contribution is -2.18. The first-order valence-electron chi connectivity index (χ1n) is 4.31. The van der Waals surface area contributed by atoms with E-state index in [1.54, 1.807) is 0 Å². The Morgan fingerprint density at radius 2 is 2.38 bits per heavy atom. The first-order chi connectivity index (χ1) is 6.09. The van der Waals surface area contributed by atoms with Crippen molar-refractivity contribution in [3.63, 3.8) is 0 Å². The molecule has 0 aliphatic rings. The van der Waals surface area contributed by atoms with Crippen molar-refractivity contribution in [3.8, 4) is 0 Å². The molecule has 4 heteroatoms. The quantitative estimate of drug-likeness (QED) is 0.567. The smallest absolute Gasteiger partial charge is 0.158 e. The molecule has 0 aliphatic heterocycles. The summed E-state index contributed by atoms with van der Waals surface area (Å²) in [6, 6.07) is 1.86. The molecule has 1 aromatic rings. The Labute approximate surface area is 77.8 Å². The molecule has 0 saturated heterocycles. The van der Waals surface area contributed by atoms with E-state index in [1.807, 2.05) is 26.8 Å². The number of aliphatic imine (C=N–C) groups is 1. The Morgan fingerprint density at radius 3 is 2.85 bits per heavy atom. The van der Waals surface area contributed by atoms with E-state index in [9.17, 15) is 0 Å². The van der Waals surface area contributed by atoms with Gasteiger partial charge in [0.05, 0.1) is 11.5 Å². The number of aryl methyl sites for hydroxylation is 1. The number of amidine groups is 1. The third-order valence-corrected chi connectivity index (χ3v) is 1.69. The average molecular weight is 181 g/mol. The number of rotatable bonds is 3. The second-order valence-electron chi connectivity index (χ2n) is 3.33. The monoisotopic (exact) mass is 181 g/mol. The molecule has 0 amide bonds. The van der Waals surface area contributed by atoms with Crippen LogP contribution in [0, 0.1) is 12.8 Å². The van der Waals surface area contributed by atoms with Gasteiger partial charge in [-0.1, -0.05) is 19.0 Å². The first-order valence-corrected chi connectivity index (χ1v) is 4.31. The zero-order valence-electron chi connectivity index (χ0n) is 8.24. The number of aromatic nitrogens is 1. The lowest BCUT2D eigenvalue weighted by molar-refractivity contribution is 0.381. The van der Waals surface area contributed by atoms with Gasteiger partial charge in [0, 0.05) is 12.0 Å². The molecule has 0 aliphatic carbocycles.